The fraction of sp³-hybridized carbons (Fsp3) is 0.368. The first-order chi connectivity index (χ1) is 12.1. The Morgan fingerprint density at radius 3 is 2.77 bits per heavy atom. The summed E-state index contributed by atoms with van der Waals surface area (Å²) in [7, 11) is 0. The van der Waals surface area contributed by atoms with Crippen molar-refractivity contribution in [3.8, 4) is 6.07 Å². The van der Waals surface area contributed by atoms with E-state index in [1.165, 1.54) is 10.9 Å². The first-order valence-corrected chi connectivity index (χ1v) is 9.23. The molecule has 0 amide bonds. The molecule has 26 heavy (non-hydrogen) atoms. The Balaban J connectivity index is 0.00000338. The van der Waals surface area contributed by atoms with Crippen LogP contribution in [0.1, 0.15) is 29.9 Å². The number of thiophene rings is 1. The van der Waals surface area contributed by atoms with Gasteiger partial charge < -0.3 is 10.6 Å². The third-order valence-corrected chi connectivity index (χ3v) is 4.58. The summed E-state index contributed by atoms with van der Waals surface area (Å²) in [5.74, 6) is 0.739. The third kappa shape index (κ3) is 7.30. The maximum Gasteiger partial charge on any atom is 0.191 e. The van der Waals surface area contributed by atoms with Crippen molar-refractivity contribution in [2.75, 3.05) is 13.1 Å². The van der Waals surface area contributed by atoms with Gasteiger partial charge in [-0.05, 0) is 42.8 Å². The zero-order chi connectivity index (χ0) is 18.1. The summed E-state index contributed by atoms with van der Waals surface area (Å²) in [6.07, 6.45) is 1.02. The molecule has 2 N–H and O–H groups in total. The summed E-state index contributed by atoms with van der Waals surface area (Å²) < 4.78 is 13.9. The average Bonchev–Trinajstić information content (AvgIpc) is 3.11. The topological polar surface area (TPSA) is 60.2 Å². The van der Waals surface area contributed by atoms with Crippen molar-refractivity contribution >= 4 is 41.3 Å². The molecular weight excluding hydrogens is 462 g/mol. The average molecular weight is 486 g/mol. The molecule has 4 nitrogen and oxygen atoms in total. The molecule has 0 aliphatic carbocycles. The lowest BCUT2D eigenvalue weighted by Gasteiger charge is -2.15. The molecule has 0 saturated heterocycles. The van der Waals surface area contributed by atoms with E-state index >= 15 is 0 Å². The van der Waals surface area contributed by atoms with Crippen molar-refractivity contribution < 1.29 is 4.39 Å². The van der Waals surface area contributed by atoms with Gasteiger partial charge in [-0.3, -0.25) is 0 Å². The highest BCUT2D eigenvalue weighted by Crippen LogP contribution is 2.14. The fourth-order valence-corrected chi connectivity index (χ4v) is 3.24. The molecule has 1 aromatic heterocycles. The number of nitrogens with one attached hydrogen (secondary N) is 2. The standard InChI is InChI=1S/C19H23FN4S.HI/c1-3-22-19(23-12-14(2)9-17-5-4-8-25-17)24-13-16-7-6-15(11-21)10-18(16)20;/h4-8,10,14H,3,9,12-13H2,1-2H3,(H2,22,23,24);1H. The molecule has 0 radical (unpaired) electrons. The molecule has 7 heteroatoms. The minimum absolute atomic E-state index is 0. The van der Waals surface area contributed by atoms with E-state index in [1.807, 2.05) is 13.0 Å². The Bertz CT molecular complexity index is 740. The monoisotopic (exact) mass is 486 g/mol. The lowest BCUT2D eigenvalue weighted by molar-refractivity contribution is 0.561. The summed E-state index contributed by atoms with van der Waals surface area (Å²) >= 11 is 1.77. The number of guanidine groups is 1. The number of nitriles is 1. The van der Waals surface area contributed by atoms with Gasteiger partial charge in [-0.15, -0.1) is 35.3 Å². The van der Waals surface area contributed by atoms with Crippen molar-refractivity contribution in [1.82, 2.24) is 10.6 Å². The van der Waals surface area contributed by atoms with Gasteiger partial charge in [0.25, 0.3) is 0 Å². The summed E-state index contributed by atoms with van der Waals surface area (Å²) in [6, 6.07) is 10.6. The SMILES string of the molecule is CCNC(=NCc1ccc(C#N)cc1F)NCC(C)Cc1cccs1.I. The minimum Gasteiger partial charge on any atom is -0.357 e. The van der Waals surface area contributed by atoms with Crippen LogP contribution in [-0.4, -0.2) is 19.0 Å². The highest BCUT2D eigenvalue weighted by atomic mass is 127. The molecule has 2 aromatic rings. The van der Waals surface area contributed by atoms with Crippen LogP contribution < -0.4 is 10.6 Å². The Hall–Kier alpha value is -1.66. The molecule has 0 aliphatic heterocycles. The van der Waals surface area contributed by atoms with E-state index in [1.54, 1.807) is 23.5 Å². The maximum absolute atomic E-state index is 13.9. The van der Waals surface area contributed by atoms with Crippen LogP contribution in [0.2, 0.25) is 0 Å². The van der Waals surface area contributed by atoms with Crippen molar-refractivity contribution in [2.24, 2.45) is 10.9 Å². The molecule has 0 bridgehead atoms. The Morgan fingerprint density at radius 2 is 2.15 bits per heavy atom. The first-order valence-electron chi connectivity index (χ1n) is 8.35. The molecule has 1 unspecified atom stereocenters. The number of benzene rings is 1. The van der Waals surface area contributed by atoms with E-state index in [0.29, 0.717) is 23.0 Å². The van der Waals surface area contributed by atoms with Crippen LogP contribution in [0.3, 0.4) is 0 Å². The number of rotatable bonds is 7. The van der Waals surface area contributed by atoms with Crippen molar-refractivity contribution in [1.29, 1.82) is 5.26 Å². The molecule has 0 fully saturated rings. The minimum atomic E-state index is -0.398. The lowest BCUT2D eigenvalue weighted by atomic mass is 10.1. The molecule has 1 aromatic carbocycles. The number of hydrogen-bond donors (Lipinski definition) is 2. The van der Waals surface area contributed by atoms with Gasteiger partial charge in [-0.2, -0.15) is 5.26 Å². The molecule has 1 heterocycles. The van der Waals surface area contributed by atoms with Crippen molar-refractivity contribution in [2.45, 2.75) is 26.8 Å². The Kier molecular flexibility index (Phi) is 10.2. The zero-order valence-electron chi connectivity index (χ0n) is 15.0. The smallest absolute Gasteiger partial charge is 0.191 e. The van der Waals surface area contributed by atoms with Gasteiger partial charge in [0, 0.05) is 23.5 Å². The molecule has 1 atom stereocenters. The summed E-state index contributed by atoms with van der Waals surface area (Å²) in [6.45, 7) is 5.94. The van der Waals surface area contributed by atoms with Gasteiger partial charge in [0.05, 0.1) is 18.2 Å². The van der Waals surface area contributed by atoms with Crippen LogP contribution in [0.4, 0.5) is 4.39 Å². The van der Waals surface area contributed by atoms with Gasteiger partial charge in [-0.1, -0.05) is 19.1 Å². The van der Waals surface area contributed by atoms with Gasteiger partial charge in [0.15, 0.2) is 5.96 Å². The summed E-state index contributed by atoms with van der Waals surface area (Å²) in [4.78, 5) is 5.81. The molecule has 0 saturated carbocycles. The zero-order valence-corrected chi connectivity index (χ0v) is 18.1. The van der Waals surface area contributed by atoms with Crippen LogP contribution in [0, 0.1) is 23.1 Å². The van der Waals surface area contributed by atoms with E-state index in [4.69, 9.17) is 5.26 Å². The Morgan fingerprint density at radius 1 is 1.35 bits per heavy atom. The van der Waals surface area contributed by atoms with E-state index in [-0.39, 0.29) is 30.5 Å². The summed E-state index contributed by atoms with van der Waals surface area (Å²) in [5.41, 5.74) is 0.792. The molecular formula is C19H24FIN4S. The van der Waals surface area contributed by atoms with Crippen molar-refractivity contribution in [3.05, 3.63) is 57.5 Å². The van der Waals surface area contributed by atoms with Crippen LogP contribution in [0.15, 0.2) is 40.7 Å². The van der Waals surface area contributed by atoms with Gasteiger partial charge in [-0.25, -0.2) is 9.38 Å². The largest absolute Gasteiger partial charge is 0.357 e. The summed E-state index contributed by atoms with van der Waals surface area (Å²) in [5, 5.41) is 17.4. The first kappa shape index (κ1) is 22.4. The number of nitrogens with zero attached hydrogens (tertiary/aromatic N) is 2. The lowest BCUT2D eigenvalue weighted by Crippen LogP contribution is -2.39. The van der Waals surface area contributed by atoms with Crippen LogP contribution in [-0.2, 0) is 13.0 Å². The fourth-order valence-electron chi connectivity index (χ4n) is 2.37. The van der Waals surface area contributed by atoms with E-state index in [0.717, 1.165) is 19.5 Å². The van der Waals surface area contributed by atoms with Gasteiger partial charge in [0.1, 0.15) is 5.82 Å². The normalized spacial score (nSPS) is 12.0. The Labute approximate surface area is 175 Å². The number of aliphatic imine (C=N–C) groups is 1. The molecule has 140 valence electrons. The van der Waals surface area contributed by atoms with Crippen LogP contribution >= 0.6 is 35.3 Å². The van der Waals surface area contributed by atoms with Crippen LogP contribution in [0.5, 0.6) is 0 Å². The predicted molar refractivity (Wildman–Crippen MR) is 117 cm³/mol. The van der Waals surface area contributed by atoms with Gasteiger partial charge >= 0.3 is 0 Å². The van der Waals surface area contributed by atoms with E-state index < -0.39 is 5.82 Å². The third-order valence-electron chi connectivity index (χ3n) is 3.68. The number of halogens is 2. The predicted octanol–water partition coefficient (Wildman–Crippen LogP) is 4.31. The second-order valence-electron chi connectivity index (χ2n) is 5.88. The van der Waals surface area contributed by atoms with Gasteiger partial charge in [0.2, 0.25) is 0 Å². The van der Waals surface area contributed by atoms with E-state index in [9.17, 15) is 4.39 Å². The molecule has 2 rings (SSSR count). The van der Waals surface area contributed by atoms with E-state index in [2.05, 4.69) is 40.1 Å². The quantitative estimate of drug-likeness (QED) is 0.349. The highest BCUT2D eigenvalue weighted by molar-refractivity contribution is 14.0. The number of hydrogen-bond acceptors (Lipinski definition) is 3. The highest BCUT2D eigenvalue weighted by Gasteiger charge is 2.07. The van der Waals surface area contributed by atoms with Crippen molar-refractivity contribution in [3.63, 3.8) is 0 Å². The second kappa shape index (κ2) is 11.9. The molecule has 0 aliphatic rings. The second-order valence-corrected chi connectivity index (χ2v) is 6.91. The molecule has 0 spiro atoms. The maximum atomic E-state index is 13.9. The van der Waals surface area contributed by atoms with Crippen LogP contribution in [0.25, 0.3) is 0 Å².